The molecule has 2 saturated carbocycles. The Kier molecular flexibility index (Phi) is 9.67. The summed E-state index contributed by atoms with van der Waals surface area (Å²) >= 11 is 0. The van der Waals surface area contributed by atoms with Gasteiger partial charge in [0, 0.05) is 0 Å². The monoisotopic (exact) mass is 486 g/mol. The standard InChI is InChI=1S/C30H41.Rb/c1-20-7-6-8-29(23(20)4)19-25-10-12-26(13-11-25)27-14-16-28(17-15-27)30-18-9-21(2)22(3)24(30)5;/h6,8-9,18,25-28H,10-17,19H2,1-5H3;/q-1;+1. The molecule has 4 rings (SSSR count). The van der Waals surface area contributed by atoms with Crippen molar-refractivity contribution in [3.05, 3.63) is 69.3 Å². The Hall–Kier alpha value is 0.245. The van der Waals surface area contributed by atoms with E-state index in [1.807, 2.05) is 0 Å². The molecule has 0 atom stereocenters. The van der Waals surface area contributed by atoms with E-state index in [0.29, 0.717) is 0 Å². The van der Waals surface area contributed by atoms with Crippen LogP contribution >= 0.6 is 0 Å². The predicted octanol–water partition coefficient (Wildman–Crippen LogP) is 5.36. The number of aryl methyl sites for hydroxylation is 2. The third kappa shape index (κ3) is 6.03. The maximum atomic E-state index is 3.35. The molecule has 0 heterocycles. The molecule has 0 amide bonds. The minimum Gasteiger partial charge on any atom is -0.180 e. The second-order valence-corrected chi connectivity index (χ2v) is 10.6. The second kappa shape index (κ2) is 11.6. The largest absolute Gasteiger partial charge is 1.00 e. The van der Waals surface area contributed by atoms with Crippen molar-refractivity contribution in [3.8, 4) is 0 Å². The van der Waals surface area contributed by atoms with Gasteiger partial charge in [-0.05, 0) is 124 Å². The molecule has 0 aliphatic heterocycles. The van der Waals surface area contributed by atoms with Gasteiger partial charge in [0.15, 0.2) is 0 Å². The molecule has 0 bridgehead atoms. The average Bonchev–Trinajstić information content (AvgIpc) is 2.76. The first-order valence-corrected chi connectivity index (χ1v) is 12.5. The summed E-state index contributed by atoms with van der Waals surface area (Å²) in [6.07, 6.45) is 12.8. The molecule has 0 spiro atoms. The van der Waals surface area contributed by atoms with Crippen LogP contribution in [0.15, 0.2) is 24.3 Å². The Morgan fingerprint density at radius 3 is 1.97 bits per heavy atom. The van der Waals surface area contributed by atoms with E-state index in [9.17, 15) is 0 Å². The number of benzene rings is 2. The van der Waals surface area contributed by atoms with Crippen LogP contribution in [0.3, 0.4) is 0 Å². The van der Waals surface area contributed by atoms with Crippen molar-refractivity contribution in [1.29, 1.82) is 0 Å². The molecule has 0 nitrogen and oxygen atoms in total. The van der Waals surface area contributed by atoms with Gasteiger partial charge in [0.05, 0.1) is 0 Å². The maximum absolute atomic E-state index is 3.35. The van der Waals surface area contributed by atoms with Crippen molar-refractivity contribution in [2.24, 2.45) is 17.8 Å². The number of hydrogen-bond acceptors (Lipinski definition) is 0. The van der Waals surface area contributed by atoms with Gasteiger partial charge < -0.3 is 0 Å². The van der Waals surface area contributed by atoms with Crippen LogP contribution in [0.5, 0.6) is 0 Å². The van der Waals surface area contributed by atoms with Gasteiger partial charge in [-0.15, -0.1) is 0 Å². The summed E-state index contributed by atoms with van der Waals surface area (Å²) < 4.78 is 0. The fourth-order valence-corrected chi connectivity index (χ4v) is 6.46. The van der Waals surface area contributed by atoms with Crippen molar-refractivity contribution in [1.82, 2.24) is 0 Å². The summed E-state index contributed by atoms with van der Waals surface area (Å²) in [6.45, 7) is 11.4. The summed E-state index contributed by atoms with van der Waals surface area (Å²) in [4.78, 5) is 0. The zero-order valence-corrected chi connectivity index (χ0v) is 25.9. The van der Waals surface area contributed by atoms with E-state index in [-0.39, 0.29) is 58.2 Å². The van der Waals surface area contributed by atoms with Crippen LogP contribution in [0.25, 0.3) is 0 Å². The zero-order valence-electron chi connectivity index (χ0n) is 21.0. The molecule has 0 radical (unpaired) electrons. The number of hydrogen-bond donors (Lipinski definition) is 0. The maximum Gasteiger partial charge on any atom is 1.00 e. The molecule has 2 fully saturated rings. The molecule has 0 saturated heterocycles. The summed E-state index contributed by atoms with van der Waals surface area (Å²) in [7, 11) is 0. The Balaban J connectivity index is 0.00000272. The van der Waals surface area contributed by atoms with Gasteiger partial charge in [-0.3, -0.25) is 0 Å². The normalized spacial score (nSPS) is 26.4. The molecule has 1 heteroatoms. The van der Waals surface area contributed by atoms with Crippen LogP contribution in [-0.4, -0.2) is 0 Å². The first kappa shape index (κ1) is 25.9. The molecule has 0 unspecified atom stereocenters. The molecule has 2 aliphatic rings. The molecule has 31 heavy (non-hydrogen) atoms. The topological polar surface area (TPSA) is 0 Å². The molecular weight excluding hydrogens is 446 g/mol. The first-order valence-electron chi connectivity index (χ1n) is 12.5. The molecule has 162 valence electrons. The van der Waals surface area contributed by atoms with E-state index in [1.165, 1.54) is 80.0 Å². The van der Waals surface area contributed by atoms with E-state index in [2.05, 4.69) is 65.0 Å². The van der Waals surface area contributed by atoms with Crippen molar-refractivity contribution in [2.75, 3.05) is 0 Å². The summed E-state index contributed by atoms with van der Waals surface area (Å²) in [5, 5.41) is 0. The summed E-state index contributed by atoms with van der Waals surface area (Å²) in [5.41, 5.74) is 10.5. The van der Waals surface area contributed by atoms with Crippen LogP contribution in [0.1, 0.15) is 96.2 Å². The third-order valence-electron chi connectivity index (χ3n) is 9.01. The van der Waals surface area contributed by atoms with E-state index in [1.54, 1.807) is 16.7 Å². The van der Waals surface area contributed by atoms with Crippen LogP contribution in [0.2, 0.25) is 0 Å². The first-order chi connectivity index (χ1) is 14.4. The van der Waals surface area contributed by atoms with Gasteiger partial charge in [-0.1, -0.05) is 26.0 Å². The second-order valence-electron chi connectivity index (χ2n) is 10.6. The smallest absolute Gasteiger partial charge is 0.180 e. The summed E-state index contributed by atoms with van der Waals surface area (Å²) in [5.74, 6) is 3.69. The molecule has 2 aromatic carbocycles. The van der Waals surface area contributed by atoms with Gasteiger partial charge in [0.25, 0.3) is 0 Å². The van der Waals surface area contributed by atoms with E-state index in [0.717, 1.165) is 23.7 Å². The number of rotatable bonds is 4. The predicted molar refractivity (Wildman–Crippen MR) is 129 cm³/mol. The average molecular weight is 487 g/mol. The quantitative estimate of drug-likeness (QED) is 0.510. The molecule has 2 aliphatic carbocycles. The molecule has 2 aromatic rings. The van der Waals surface area contributed by atoms with Crippen LogP contribution in [0.4, 0.5) is 0 Å². The Bertz CT molecular complexity index is 864. The van der Waals surface area contributed by atoms with Gasteiger partial charge in [-0.2, -0.15) is 34.9 Å². The minimum atomic E-state index is 0. The van der Waals surface area contributed by atoms with Crippen LogP contribution in [0, 0.1) is 58.4 Å². The van der Waals surface area contributed by atoms with Gasteiger partial charge in [-0.25, -0.2) is 0 Å². The van der Waals surface area contributed by atoms with Crippen molar-refractivity contribution in [2.45, 2.75) is 98.3 Å². The van der Waals surface area contributed by atoms with Crippen molar-refractivity contribution < 1.29 is 58.2 Å². The Labute approximate surface area is 240 Å². The SMILES string of the molecule is Cc1[c-]ccc(CC2CCC(C3CCC(c4ccc(C)c(C)c4C)CC3)CC2)c1C.[Rb+]. The Morgan fingerprint density at radius 1 is 0.710 bits per heavy atom. The van der Waals surface area contributed by atoms with Crippen molar-refractivity contribution in [3.63, 3.8) is 0 Å². The molecule has 0 aromatic heterocycles. The van der Waals surface area contributed by atoms with E-state index >= 15 is 0 Å². The van der Waals surface area contributed by atoms with E-state index in [4.69, 9.17) is 0 Å². The van der Waals surface area contributed by atoms with Crippen molar-refractivity contribution >= 4 is 0 Å². The van der Waals surface area contributed by atoms with Gasteiger partial charge in [0.2, 0.25) is 0 Å². The summed E-state index contributed by atoms with van der Waals surface area (Å²) in [6, 6.07) is 12.6. The zero-order chi connectivity index (χ0) is 21.3. The van der Waals surface area contributed by atoms with Gasteiger partial charge in [0.1, 0.15) is 0 Å². The van der Waals surface area contributed by atoms with E-state index < -0.39 is 0 Å². The third-order valence-corrected chi connectivity index (χ3v) is 9.01. The fraction of sp³-hybridized carbons (Fsp3) is 0.600. The minimum absolute atomic E-state index is 0. The molecular formula is C30H41Rb. The molecule has 0 N–H and O–H groups in total. The van der Waals surface area contributed by atoms with Crippen LogP contribution in [-0.2, 0) is 6.42 Å². The fourth-order valence-electron chi connectivity index (χ4n) is 6.46. The van der Waals surface area contributed by atoms with Gasteiger partial charge >= 0.3 is 58.2 Å². The Morgan fingerprint density at radius 2 is 1.32 bits per heavy atom. The van der Waals surface area contributed by atoms with Crippen LogP contribution < -0.4 is 58.2 Å².